The van der Waals surface area contributed by atoms with Crippen LogP contribution in [-0.2, 0) is 6.18 Å². The number of ether oxygens (including phenoxy) is 1. The first-order valence-electron chi connectivity index (χ1n) is 7.20. The third-order valence-electron chi connectivity index (χ3n) is 3.09. The Hall–Kier alpha value is -2.92. The number of benzene rings is 1. The van der Waals surface area contributed by atoms with Crippen molar-refractivity contribution in [3.63, 3.8) is 0 Å². The fourth-order valence-corrected chi connectivity index (χ4v) is 1.88. The van der Waals surface area contributed by atoms with Gasteiger partial charge in [0.15, 0.2) is 0 Å². The van der Waals surface area contributed by atoms with Crippen molar-refractivity contribution in [3.05, 3.63) is 52.2 Å². The minimum absolute atomic E-state index is 0.0186. The molecular weight excluding hydrogens is 357 g/mol. The van der Waals surface area contributed by atoms with Crippen molar-refractivity contribution in [2.75, 3.05) is 11.9 Å². The highest BCUT2D eigenvalue weighted by Gasteiger charge is 2.30. The molecule has 1 aromatic carbocycles. The highest BCUT2D eigenvalue weighted by atomic mass is 19.4. The first-order valence-corrected chi connectivity index (χ1v) is 7.20. The maximum absolute atomic E-state index is 12.5. The molecule has 8 nitrogen and oxygen atoms in total. The lowest BCUT2D eigenvalue weighted by Crippen LogP contribution is -2.42. The van der Waals surface area contributed by atoms with Crippen LogP contribution in [-0.4, -0.2) is 27.3 Å². The Labute approximate surface area is 145 Å². The lowest BCUT2D eigenvalue weighted by atomic mass is 10.2. The standard InChI is InChI=1S/C15H15F3N4O4/c1-14(19,23)8-21-11-6-10(3-4-12(11)22(24)25)26-13-5-2-9(7-20-13)15(16,17)18/h2-7,21,23H,8,19H2,1H3. The molecule has 0 fully saturated rings. The predicted octanol–water partition coefficient (Wildman–Crippen LogP) is 2.88. The quantitative estimate of drug-likeness (QED) is 0.405. The van der Waals surface area contributed by atoms with Crippen LogP contribution in [0.5, 0.6) is 11.6 Å². The number of nitrogens with one attached hydrogen (secondary N) is 1. The number of halogens is 3. The average Bonchev–Trinajstić information content (AvgIpc) is 2.52. The van der Waals surface area contributed by atoms with Crippen molar-refractivity contribution in [1.29, 1.82) is 0 Å². The van der Waals surface area contributed by atoms with Crippen molar-refractivity contribution in [1.82, 2.24) is 4.98 Å². The van der Waals surface area contributed by atoms with Gasteiger partial charge in [-0.15, -0.1) is 0 Å². The van der Waals surface area contributed by atoms with Gasteiger partial charge in [0.2, 0.25) is 5.88 Å². The number of nitrogens with two attached hydrogens (primary N) is 1. The number of nitrogens with zero attached hydrogens (tertiary/aromatic N) is 2. The van der Waals surface area contributed by atoms with E-state index in [1.165, 1.54) is 19.1 Å². The van der Waals surface area contributed by atoms with Crippen LogP contribution in [0, 0.1) is 10.1 Å². The summed E-state index contributed by atoms with van der Waals surface area (Å²) in [4.78, 5) is 14.0. The van der Waals surface area contributed by atoms with Crippen molar-refractivity contribution in [3.8, 4) is 11.6 Å². The number of hydrogen-bond acceptors (Lipinski definition) is 7. The molecule has 0 saturated heterocycles. The first kappa shape index (κ1) is 19.4. The van der Waals surface area contributed by atoms with Gasteiger partial charge in [-0.2, -0.15) is 13.2 Å². The van der Waals surface area contributed by atoms with Gasteiger partial charge < -0.3 is 20.9 Å². The topological polar surface area (TPSA) is 124 Å². The molecule has 26 heavy (non-hydrogen) atoms. The minimum Gasteiger partial charge on any atom is -0.439 e. The summed E-state index contributed by atoms with van der Waals surface area (Å²) in [6.45, 7) is 1.12. The van der Waals surface area contributed by atoms with Gasteiger partial charge >= 0.3 is 6.18 Å². The Morgan fingerprint density at radius 1 is 1.35 bits per heavy atom. The van der Waals surface area contributed by atoms with Gasteiger partial charge in [0.1, 0.15) is 17.2 Å². The average molecular weight is 372 g/mol. The summed E-state index contributed by atoms with van der Waals surface area (Å²) < 4.78 is 42.9. The van der Waals surface area contributed by atoms with Crippen LogP contribution in [0.25, 0.3) is 0 Å². The summed E-state index contributed by atoms with van der Waals surface area (Å²) in [5, 5.41) is 23.2. The summed E-state index contributed by atoms with van der Waals surface area (Å²) in [5.74, 6) is -0.0225. The van der Waals surface area contributed by atoms with Crippen LogP contribution in [0.1, 0.15) is 12.5 Å². The van der Waals surface area contributed by atoms with Crippen molar-refractivity contribution in [2.45, 2.75) is 18.8 Å². The number of pyridine rings is 1. The fraction of sp³-hybridized carbons (Fsp3) is 0.267. The molecule has 0 saturated carbocycles. The molecule has 2 aromatic rings. The lowest BCUT2D eigenvalue weighted by Gasteiger charge is -2.18. The third kappa shape index (κ3) is 5.29. The zero-order chi connectivity index (χ0) is 19.5. The SMILES string of the molecule is CC(N)(O)CNc1cc(Oc2ccc(C(F)(F)F)cn2)ccc1[N+](=O)[O-]. The Morgan fingerprint density at radius 2 is 2.04 bits per heavy atom. The number of aliphatic hydroxyl groups is 1. The largest absolute Gasteiger partial charge is 0.439 e. The fourth-order valence-electron chi connectivity index (χ4n) is 1.88. The second-order valence-corrected chi connectivity index (χ2v) is 5.63. The van der Waals surface area contributed by atoms with Crippen molar-refractivity contribution >= 4 is 11.4 Å². The molecule has 0 aliphatic rings. The van der Waals surface area contributed by atoms with E-state index in [0.29, 0.717) is 6.20 Å². The number of aromatic nitrogens is 1. The number of rotatable bonds is 6. The van der Waals surface area contributed by atoms with Crippen LogP contribution >= 0.6 is 0 Å². The van der Waals surface area contributed by atoms with E-state index >= 15 is 0 Å². The monoisotopic (exact) mass is 372 g/mol. The van der Waals surface area contributed by atoms with E-state index < -0.39 is 22.4 Å². The highest BCUT2D eigenvalue weighted by Crippen LogP contribution is 2.33. The normalized spacial score (nSPS) is 13.8. The van der Waals surface area contributed by atoms with Gasteiger partial charge in [-0.25, -0.2) is 4.98 Å². The molecule has 0 aliphatic carbocycles. The summed E-state index contributed by atoms with van der Waals surface area (Å²) in [5.41, 5.74) is 2.60. The maximum Gasteiger partial charge on any atom is 0.417 e. The summed E-state index contributed by atoms with van der Waals surface area (Å²) in [7, 11) is 0. The van der Waals surface area contributed by atoms with Crippen LogP contribution in [0.2, 0.25) is 0 Å². The van der Waals surface area contributed by atoms with Crippen LogP contribution in [0.3, 0.4) is 0 Å². The number of nitro groups is 1. The summed E-state index contributed by atoms with van der Waals surface area (Å²) in [6, 6.07) is 5.50. The van der Waals surface area contributed by atoms with E-state index in [2.05, 4.69) is 10.3 Å². The molecule has 4 N–H and O–H groups in total. The minimum atomic E-state index is -4.52. The molecule has 0 amide bonds. The molecule has 140 valence electrons. The Morgan fingerprint density at radius 3 is 2.54 bits per heavy atom. The maximum atomic E-state index is 12.5. The Bertz CT molecular complexity index is 789. The van der Waals surface area contributed by atoms with E-state index in [9.17, 15) is 28.4 Å². The molecule has 1 atom stereocenters. The molecule has 1 unspecified atom stereocenters. The molecule has 11 heteroatoms. The lowest BCUT2D eigenvalue weighted by molar-refractivity contribution is -0.384. The van der Waals surface area contributed by atoms with Gasteiger partial charge in [-0.3, -0.25) is 10.1 Å². The zero-order valence-corrected chi connectivity index (χ0v) is 13.4. The highest BCUT2D eigenvalue weighted by molar-refractivity contribution is 5.64. The summed E-state index contributed by atoms with van der Waals surface area (Å²) in [6.07, 6.45) is -3.90. The van der Waals surface area contributed by atoms with Crippen LogP contribution < -0.4 is 15.8 Å². The molecule has 1 aromatic heterocycles. The molecule has 0 aliphatic heterocycles. The molecule has 1 heterocycles. The van der Waals surface area contributed by atoms with Crippen LogP contribution in [0.15, 0.2) is 36.5 Å². The zero-order valence-electron chi connectivity index (χ0n) is 13.4. The second-order valence-electron chi connectivity index (χ2n) is 5.63. The number of hydrogen-bond donors (Lipinski definition) is 3. The molecule has 0 spiro atoms. The van der Waals surface area contributed by atoms with E-state index in [4.69, 9.17) is 10.5 Å². The van der Waals surface area contributed by atoms with Crippen molar-refractivity contribution < 1.29 is 27.9 Å². The number of anilines is 1. The van der Waals surface area contributed by atoms with Gasteiger partial charge in [0.25, 0.3) is 5.69 Å². The van der Waals surface area contributed by atoms with Gasteiger partial charge in [-0.1, -0.05) is 0 Å². The van der Waals surface area contributed by atoms with E-state index in [-0.39, 0.29) is 29.5 Å². The Kier molecular flexibility index (Phi) is 5.33. The van der Waals surface area contributed by atoms with Gasteiger partial charge in [0.05, 0.1) is 17.0 Å². The molecule has 2 rings (SSSR count). The van der Waals surface area contributed by atoms with E-state index in [0.717, 1.165) is 18.2 Å². The summed E-state index contributed by atoms with van der Waals surface area (Å²) >= 11 is 0. The smallest absolute Gasteiger partial charge is 0.417 e. The number of alkyl halides is 3. The predicted molar refractivity (Wildman–Crippen MR) is 85.7 cm³/mol. The van der Waals surface area contributed by atoms with E-state index in [1.807, 2.05) is 0 Å². The van der Waals surface area contributed by atoms with Gasteiger partial charge in [0, 0.05) is 24.4 Å². The molecule has 0 bridgehead atoms. The van der Waals surface area contributed by atoms with Gasteiger partial charge in [-0.05, 0) is 19.1 Å². The second kappa shape index (κ2) is 7.14. The third-order valence-corrected chi connectivity index (χ3v) is 3.09. The molecular formula is C15H15F3N4O4. The number of nitro benzene ring substituents is 1. The first-order chi connectivity index (χ1) is 12.0. The van der Waals surface area contributed by atoms with E-state index in [1.54, 1.807) is 0 Å². The Balaban J connectivity index is 2.23. The van der Waals surface area contributed by atoms with Crippen LogP contribution in [0.4, 0.5) is 24.5 Å². The molecule has 0 radical (unpaired) electrons. The van der Waals surface area contributed by atoms with Crippen molar-refractivity contribution in [2.24, 2.45) is 5.73 Å².